The topological polar surface area (TPSA) is 69.7 Å². The molecule has 6 nitrogen and oxygen atoms in total. The molecule has 8 heteroatoms. The third kappa shape index (κ3) is 5.49. The first-order chi connectivity index (χ1) is 11.8. The summed E-state index contributed by atoms with van der Waals surface area (Å²) in [5.74, 6) is -0.611. The van der Waals surface area contributed by atoms with E-state index in [4.69, 9.17) is 0 Å². The number of halogens is 1. The predicted octanol–water partition coefficient (Wildman–Crippen LogP) is 1.44. The molecule has 25 heavy (non-hydrogen) atoms. The zero-order valence-electron chi connectivity index (χ0n) is 14.7. The summed E-state index contributed by atoms with van der Waals surface area (Å²) in [4.78, 5) is 13.9. The average molecular weight is 371 g/mol. The van der Waals surface area contributed by atoms with Gasteiger partial charge in [0.1, 0.15) is 5.82 Å². The molecule has 0 spiro atoms. The zero-order chi connectivity index (χ0) is 18.4. The van der Waals surface area contributed by atoms with Gasteiger partial charge in [-0.2, -0.15) is 4.31 Å². The number of piperazine rings is 1. The van der Waals surface area contributed by atoms with Crippen molar-refractivity contribution in [2.45, 2.75) is 37.6 Å². The highest BCUT2D eigenvalue weighted by Crippen LogP contribution is 2.18. The Kier molecular flexibility index (Phi) is 6.92. The summed E-state index contributed by atoms with van der Waals surface area (Å²) in [6.45, 7) is 5.84. The largest absolute Gasteiger partial charge is 0.353 e. The van der Waals surface area contributed by atoms with Gasteiger partial charge in [-0.05, 0) is 31.5 Å². The molecule has 0 radical (unpaired) electrons. The fourth-order valence-electron chi connectivity index (χ4n) is 2.93. The highest BCUT2D eigenvalue weighted by atomic mass is 32.2. The maximum absolute atomic E-state index is 13.3. The molecule has 1 amide bonds. The summed E-state index contributed by atoms with van der Waals surface area (Å²) in [5, 5.41) is 2.95. The summed E-state index contributed by atoms with van der Waals surface area (Å²) < 4.78 is 39.7. The smallest absolute Gasteiger partial charge is 0.243 e. The van der Waals surface area contributed by atoms with Crippen LogP contribution in [0.3, 0.4) is 0 Å². The van der Waals surface area contributed by atoms with Crippen molar-refractivity contribution in [3.8, 4) is 0 Å². The molecule has 1 fully saturated rings. The highest BCUT2D eigenvalue weighted by molar-refractivity contribution is 7.89. The van der Waals surface area contributed by atoms with Crippen molar-refractivity contribution >= 4 is 15.9 Å². The molecule has 1 aliphatic rings. The predicted molar refractivity (Wildman–Crippen MR) is 94.1 cm³/mol. The number of hydrogen-bond acceptors (Lipinski definition) is 4. The molecule has 1 saturated heterocycles. The molecule has 1 atom stereocenters. The Hall–Kier alpha value is -1.51. The van der Waals surface area contributed by atoms with Gasteiger partial charge >= 0.3 is 0 Å². The van der Waals surface area contributed by atoms with Gasteiger partial charge in [0.15, 0.2) is 0 Å². The number of rotatable bonds is 7. The van der Waals surface area contributed by atoms with Gasteiger partial charge in [-0.1, -0.05) is 19.4 Å². The normalized spacial score (nSPS) is 18.0. The molecule has 0 aromatic heterocycles. The van der Waals surface area contributed by atoms with Crippen LogP contribution in [0.4, 0.5) is 4.39 Å². The summed E-state index contributed by atoms with van der Waals surface area (Å²) in [6.07, 6.45) is 1.95. The number of sulfonamides is 1. The van der Waals surface area contributed by atoms with Crippen LogP contribution in [0.25, 0.3) is 0 Å². The van der Waals surface area contributed by atoms with E-state index in [-0.39, 0.29) is 36.5 Å². The minimum absolute atomic E-state index is 0.0351. The molecule has 1 N–H and O–H groups in total. The van der Waals surface area contributed by atoms with Crippen molar-refractivity contribution in [2.75, 3.05) is 32.7 Å². The quantitative estimate of drug-likeness (QED) is 0.787. The summed E-state index contributed by atoms with van der Waals surface area (Å²) in [7, 11) is -3.70. The van der Waals surface area contributed by atoms with E-state index < -0.39 is 15.8 Å². The van der Waals surface area contributed by atoms with Crippen LogP contribution in [-0.4, -0.2) is 62.3 Å². The maximum Gasteiger partial charge on any atom is 0.243 e. The summed E-state index contributed by atoms with van der Waals surface area (Å²) in [6, 6.07) is 5.18. The van der Waals surface area contributed by atoms with Crippen LogP contribution >= 0.6 is 0 Å². The van der Waals surface area contributed by atoms with Crippen LogP contribution in [-0.2, 0) is 14.8 Å². The van der Waals surface area contributed by atoms with Crippen LogP contribution in [0, 0.1) is 5.82 Å². The van der Waals surface area contributed by atoms with Crippen molar-refractivity contribution in [3.05, 3.63) is 30.1 Å². The second kappa shape index (κ2) is 8.73. The average Bonchev–Trinajstić information content (AvgIpc) is 2.55. The number of nitrogens with zero attached hydrogens (tertiary/aromatic N) is 2. The van der Waals surface area contributed by atoms with E-state index in [1.165, 1.54) is 22.5 Å². The van der Waals surface area contributed by atoms with Gasteiger partial charge in [0.2, 0.25) is 15.9 Å². The lowest BCUT2D eigenvalue weighted by Gasteiger charge is -2.33. The van der Waals surface area contributed by atoms with E-state index in [9.17, 15) is 17.6 Å². The molecule has 0 aliphatic carbocycles. The van der Waals surface area contributed by atoms with E-state index >= 15 is 0 Å². The first kappa shape index (κ1) is 19.8. The number of carbonyl (C=O) groups excluding carboxylic acids is 1. The third-order valence-corrected chi connectivity index (χ3v) is 6.16. The number of carbonyl (C=O) groups is 1. The molecule has 1 aliphatic heterocycles. The zero-order valence-corrected chi connectivity index (χ0v) is 15.6. The second-order valence-corrected chi connectivity index (χ2v) is 8.33. The molecule has 1 aromatic rings. The Labute approximate surface area is 149 Å². The lowest BCUT2D eigenvalue weighted by atomic mass is 10.2. The van der Waals surface area contributed by atoms with Crippen molar-refractivity contribution in [1.29, 1.82) is 0 Å². The molecular formula is C17H26FN3O3S. The number of amides is 1. The molecule has 2 rings (SSSR count). The van der Waals surface area contributed by atoms with E-state index in [1.54, 1.807) is 0 Å². The number of benzene rings is 1. The Balaban J connectivity index is 1.88. The van der Waals surface area contributed by atoms with Gasteiger partial charge in [-0.3, -0.25) is 9.69 Å². The molecular weight excluding hydrogens is 345 g/mol. The van der Waals surface area contributed by atoms with Crippen molar-refractivity contribution < 1.29 is 17.6 Å². The van der Waals surface area contributed by atoms with Gasteiger partial charge in [0.05, 0.1) is 11.4 Å². The fourth-order valence-corrected chi connectivity index (χ4v) is 4.39. The minimum Gasteiger partial charge on any atom is -0.353 e. The van der Waals surface area contributed by atoms with E-state index in [2.05, 4.69) is 12.2 Å². The van der Waals surface area contributed by atoms with Gasteiger partial charge in [0, 0.05) is 32.2 Å². The van der Waals surface area contributed by atoms with Crippen LogP contribution in [0.15, 0.2) is 29.2 Å². The van der Waals surface area contributed by atoms with Crippen molar-refractivity contribution in [2.24, 2.45) is 0 Å². The third-order valence-electron chi connectivity index (χ3n) is 4.26. The monoisotopic (exact) mass is 371 g/mol. The maximum atomic E-state index is 13.3. The Morgan fingerprint density at radius 1 is 1.28 bits per heavy atom. The fraction of sp³-hybridized carbons (Fsp3) is 0.588. The van der Waals surface area contributed by atoms with Gasteiger partial charge in [0.25, 0.3) is 0 Å². The number of hydrogen-bond donors (Lipinski definition) is 1. The molecule has 0 bridgehead atoms. The van der Waals surface area contributed by atoms with E-state index in [0.717, 1.165) is 18.9 Å². The molecule has 140 valence electrons. The lowest BCUT2D eigenvalue weighted by molar-refractivity contribution is -0.123. The SMILES string of the molecule is CCCC(C)NC(=O)CN1CCN(S(=O)(=O)c2cccc(F)c2)CC1. The lowest BCUT2D eigenvalue weighted by Crippen LogP contribution is -2.51. The summed E-state index contributed by atoms with van der Waals surface area (Å²) in [5.41, 5.74) is 0. The number of nitrogens with one attached hydrogen (secondary N) is 1. The van der Waals surface area contributed by atoms with Crippen LogP contribution in [0.2, 0.25) is 0 Å². The van der Waals surface area contributed by atoms with Gasteiger partial charge < -0.3 is 5.32 Å². The van der Waals surface area contributed by atoms with Gasteiger partial charge in [-0.15, -0.1) is 0 Å². The van der Waals surface area contributed by atoms with E-state index in [0.29, 0.717) is 13.1 Å². The molecule has 1 heterocycles. The standard InChI is InChI=1S/C17H26FN3O3S/c1-3-5-14(2)19-17(22)13-20-8-10-21(11-9-20)25(23,24)16-7-4-6-15(18)12-16/h4,6-7,12,14H,3,5,8-11,13H2,1-2H3,(H,19,22). The summed E-state index contributed by atoms with van der Waals surface area (Å²) >= 11 is 0. The van der Waals surface area contributed by atoms with Crippen LogP contribution in [0.1, 0.15) is 26.7 Å². The first-order valence-corrected chi connectivity index (χ1v) is 10.0. The Bertz CT molecular complexity index is 688. The molecule has 1 unspecified atom stereocenters. The van der Waals surface area contributed by atoms with Crippen molar-refractivity contribution in [3.63, 3.8) is 0 Å². The van der Waals surface area contributed by atoms with Gasteiger partial charge in [-0.25, -0.2) is 12.8 Å². The van der Waals surface area contributed by atoms with Crippen molar-refractivity contribution in [1.82, 2.24) is 14.5 Å². The van der Waals surface area contributed by atoms with E-state index in [1.807, 2.05) is 11.8 Å². The Morgan fingerprint density at radius 3 is 2.56 bits per heavy atom. The van der Waals surface area contributed by atoms with Crippen LogP contribution < -0.4 is 5.32 Å². The molecule has 0 saturated carbocycles. The second-order valence-electron chi connectivity index (χ2n) is 6.39. The highest BCUT2D eigenvalue weighted by Gasteiger charge is 2.29. The molecule has 1 aromatic carbocycles. The first-order valence-electron chi connectivity index (χ1n) is 8.60. The van der Waals surface area contributed by atoms with Crippen LogP contribution in [0.5, 0.6) is 0 Å². The Morgan fingerprint density at radius 2 is 1.96 bits per heavy atom. The minimum atomic E-state index is -3.70.